The van der Waals surface area contributed by atoms with E-state index in [2.05, 4.69) is 37.9 Å². The van der Waals surface area contributed by atoms with Gasteiger partial charge in [0.05, 0.1) is 0 Å². The summed E-state index contributed by atoms with van der Waals surface area (Å²) in [6, 6.07) is 0.743. The molecule has 1 rings (SSSR count). The Bertz CT molecular complexity index is 149. The van der Waals surface area contributed by atoms with E-state index in [1.807, 2.05) is 0 Å². The van der Waals surface area contributed by atoms with Gasteiger partial charge in [-0.15, -0.1) is 0 Å². The standard InChI is InChI=1S/C11H24N2/c1-5-10-6-8-13(9-7-12-10)11(2,3)4/h10,12H,5-9H2,1-4H3. The van der Waals surface area contributed by atoms with E-state index in [-0.39, 0.29) is 0 Å². The van der Waals surface area contributed by atoms with E-state index in [4.69, 9.17) is 0 Å². The first kappa shape index (κ1) is 11.0. The summed E-state index contributed by atoms with van der Waals surface area (Å²) in [5.41, 5.74) is 0.338. The average molecular weight is 184 g/mol. The third kappa shape index (κ3) is 3.28. The van der Waals surface area contributed by atoms with E-state index in [0.29, 0.717) is 5.54 Å². The number of nitrogens with one attached hydrogen (secondary N) is 1. The molecule has 1 aliphatic heterocycles. The van der Waals surface area contributed by atoms with E-state index in [0.717, 1.165) is 12.6 Å². The quantitative estimate of drug-likeness (QED) is 0.669. The molecule has 1 unspecified atom stereocenters. The molecule has 0 amide bonds. The van der Waals surface area contributed by atoms with Crippen molar-refractivity contribution in [1.82, 2.24) is 10.2 Å². The van der Waals surface area contributed by atoms with Crippen molar-refractivity contribution in [3.05, 3.63) is 0 Å². The molecular formula is C11H24N2. The smallest absolute Gasteiger partial charge is 0.0125 e. The second-order valence-corrected chi connectivity index (χ2v) is 5.01. The Hall–Kier alpha value is -0.0800. The highest BCUT2D eigenvalue weighted by Gasteiger charge is 2.23. The molecule has 1 atom stereocenters. The van der Waals surface area contributed by atoms with Crippen molar-refractivity contribution in [2.24, 2.45) is 0 Å². The van der Waals surface area contributed by atoms with Gasteiger partial charge in [0.15, 0.2) is 0 Å². The molecule has 13 heavy (non-hydrogen) atoms. The molecule has 1 saturated heterocycles. The van der Waals surface area contributed by atoms with Crippen LogP contribution in [0, 0.1) is 0 Å². The Morgan fingerprint density at radius 1 is 1.31 bits per heavy atom. The van der Waals surface area contributed by atoms with Gasteiger partial charge < -0.3 is 5.32 Å². The van der Waals surface area contributed by atoms with Crippen LogP contribution in [0.3, 0.4) is 0 Å². The lowest BCUT2D eigenvalue weighted by molar-refractivity contribution is 0.146. The van der Waals surface area contributed by atoms with E-state index in [9.17, 15) is 0 Å². The number of nitrogens with zero attached hydrogens (tertiary/aromatic N) is 1. The molecule has 1 N–H and O–H groups in total. The van der Waals surface area contributed by atoms with Crippen LogP contribution in [-0.2, 0) is 0 Å². The van der Waals surface area contributed by atoms with Crippen LogP contribution < -0.4 is 5.32 Å². The van der Waals surface area contributed by atoms with Gasteiger partial charge in [0, 0.05) is 31.2 Å². The van der Waals surface area contributed by atoms with Crippen LogP contribution in [0.1, 0.15) is 40.5 Å². The van der Waals surface area contributed by atoms with Crippen molar-refractivity contribution in [2.45, 2.75) is 52.1 Å². The minimum atomic E-state index is 0.338. The molecule has 2 heteroatoms. The molecule has 0 aromatic rings. The zero-order valence-corrected chi connectivity index (χ0v) is 9.56. The fourth-order valence-electron chi connectivity index (χ4n) is 1.95. The Morgan fingerprint density at radius 2 is 2.00 bits per heavy atom. The van der Waals surface area contributed by atoms with Crippen molar-refractivity contribution in [3.8, 4) is 0 Å². The lowest BCUT2D eigenvalue weighted by Gasteiger charge is -2.34. The van der Waals surface area contributed by atoms with E-state index in [1.54, 1.807) is 0 Å². The van der Waals surface area contributed by atoms with Gasteiger partial charge in [-0.2, -0.15) is 0 Å². The fraction of sp³-hybridized carbons (Fsp3) is 1.00. The van der Waals surface area contributed by atoms with Crippen molar-refractivity contribution in [2.75, 3.05) is 19.6 Å². The Morgan fingerprint density at radius 3 is 2.54 bits per heavy atom. The van der Waals surface area contributed by atoms with Crippen LogP contribution in [0.25, 0.3) is 0 Å². The van der Waals surface area contributed by atoms with Crippen molar-refractivity contribution >= 4 is 0 Å². The van der Waals surface area contributed by atoms with Crippen molar-refractivity contribution < 1.29 is 0 Å². The van der Waals surface area contributed by atoms with Crippen LogP contribution in [0.4, 0.5) is 0 Å². The second-order valence-electron chi connectivity index (χ2n) is 5.01. The van der Waals surface area contributed by atoms with Gasteiger partial charge in [-0.3, -0.25) is 4.90 Å². The molecule has 0 aromatic carbocycles. The van der Waals surface area contributed by atoms with E-state index >= 15 is 0 Å². The summed E-state index contributed by atoms with van der Waals surface area (Å²) in [7, 11) is 0. The van der Waals surface area contributed by atoms with Crippen LogP contribution >= 0.6 is 0 Å². The minimum Gasteiger partial charge on any atom is -0.313 e. The molecule has 0 bridgehead atoms. The molecule has 0 aromatic heterocycles. The third-order valence-corrected chi connectivity index (χ3v) is 3.00. The van der Waals surface area contributed by atoms with Crippen LogP contribution in [0.15, 0.2) is 0 Å². The number of hydrogen-bond acceptors (Lipinski definition) is 2. The molecular weight excluding hydrogens is 160 g/mol. The van der Waals surface area contributed by atoms with Crippen LogP contribution in [0.5, 0.6) is 0 Å². The Kier molecular flexibility index (Phi) is 3.74. The highest BCUT2D eigenvalue weighted by molar-refractivity contribution is 4.81. The fourth-order valence-corrected chi connectivity index (χ4v) is 1.95. The second kappa shape index (κ2) is 4.43. The molecule has 0 saturated carbocycles. The Labute approximate surface area is 82.7 Å². The zero-order chi connectivity index (χ0) is 9.90. The summed E-state index contributed by atoms with van der Waals surface area (Å²) in [6.45, 7) is 12.8. The minimum absolute atomic E-state index is 0.338. The third-order valence-electron chi connectivity index (χ3n) is 3.00. The maximum atomic E-state index is 3.59. The van der Waals surface area contributed by atoms with Gasteiger partial charge in [-0.1, -0.05) is 6.92 Å². The number of rotatable bonds is 1. The molecule has 1 fully saturated rings. The lowest BCUT2D eigenvalue weighted by Crippen LogP contribution is -2.43. The van der Waals surface area contributed by atoms with Gasteiger partial charge in [0.2, 0.25) is 0 Å². The van der Waals surface area contributed by atoms with Gasteiger partial charge >= 0.3 is 0 Å². The highest BCUT2D eigenvalue weighted by atomic mass is 15.2. The maximum Gasteiger partial charge on any atom is 0.0125 e. The first-order valence-electron chi connectivity index (χ1n) is 5.52. The molecule has 78 valence electrons. The van der Waals surface area contributed by atoms with Crippen molar-refractivity contribution in [1.29, 1.82) is 0 Å². The monoisotopic (exact) mass is 184 g/mol. The van der Waals surface area contributed by atoms with Crippen LogP contribution in [-0.4, -0.2) is 36.1 Å². The first-order chi connectivity index (χ1) is 6.04. The predicted octanol–water partition coefficient (Wildman–Crippen LogP) is 1.86. The summed E-state index contributed by atoms with van der Waals surface area (Å²) in [5.74, 6) is 0. The molecule has 2 nitrogen and oxygen atoms in total. The number of hydrogen-bond donors (Lipinski definition) is 1. The maximum absolute atomic E-state index is 3.59. The normalized spacial score (nSPS) is 27.2. The summed E-state index contributed by atoms with van der Waals surface area (Å²) in [4.78, 5) is 2.58. The first-order valence-corrected chi connectivity index (χ1v) is 5.52. The van der Waals surface area contributed by atoms with Crippen LogP contribution in [0.2, 0.25) is 0 Å². The average Bonchev–Trinajstić information content (AvgIpc) is 2.26. The van der Waals surface area contributed by atoms with Gasteiger partial charge in [0.25, 0.3) is 0 Å². The summed E-state index contributed by atoms with van der Waals surface area (Å²) in [6.07, 6.45) is 2.56. The summed E-state index contributed by atoms with van der Waals surface area (Å²) >= 11 is 0. The lowest BCUT2D eigenvalue weighted by atomic mass is 10.1. The molecule has 1 aliphatic rings. The zero-order valence-electron chi connectivity index (χ0n) is 9.56. The van der Waals surface area contributed by atoms with E-state index < -0.39 is 0 Å². The molecule has 0 spiro atoms. The predicted molar refractivity (Wildman–Crippen MR) is 58.0 cm³/mol. The largest absolute Gasteiger partial charge is 0.313 e. The summed E-state index contributed by atoms with van der Waals surface area (Å²) in [5, 5.41) is 3.59. The highest BCUT2D eigenvalue weighted by Crippen LogP contribution is 2.15. The van der Waals surface area contributed by atoms with Crippen molar-refractivity contribution in [3.63, 3.8) is 0 Å². The summed E-state index contributed by atoms with van der Waals surface area (Å²) < 4.78 is 0. The van der Waals surface area contributed by atoms with Gasteiger partial charge in [-0.25, -0.2) is 0 Å². The van der Waals surface area contributed by atoms with Gasteiger partial charge in [-0.05, 0) is 33.6 Å². The molecule has 1 heterocycles. The Balaban J connectivity index is 2.45. The topological polar surface area (TPSA) is 15.3 Å². The SMILES string of the molecule is CCC1CCN(C(C)(C)C)CCN1. The van der Waals surface area contributed by atoms with Gasteiger partial charge in [0.1, 0.15) is 0 Å². The molecule has 0 radical (unpaired) electrons. The van der Waals surface area contributed by atoms with E-state index in [1.165, 1.54) is 25.9 Å². The molecule has 0 aliphatic carbocycles.